The maximum atomic E-state index is 13.1. The third-order valence-corrected chi connectivity index (χ3v) is 3.66. The van der Waals surface area contributed by atoms with Crippen molar-refractivity contribution in [1.29, 1.82) is 0 Å². The molecule has 2 aromatic carbocycles. The Bertz CT molecular complexity index is 537. The van der Waals surface area contributed by atoms with Gasteiger partial charge in [0.1, 0.15) is 5.82 Å². The molecule has 0 aliphatic heterocycles. The molecule has 1 nitrogen and oxygen atoms in total. The van der Waals surface area contributed by atoms with Crippen LogP contribution in [0.25, 0.3) is 0 Å². The minimum atomic E-state index is -0.232. The molecular formula is C15H15BrFN. The maximum Gasteiger partial charge on any atom is 0.124 e. The van der Waals surface area contributed by atoms with E-state index in [1.165, 1.54) is 17.7 Å². The normalized spacial score (nSPS) is 12.4. The quantitative estimate of drug-likeness (QED) is 0.896. The van der Waals surface area contributed by atoms with Crippen molar-refractivity contribution in [3.8, 4) is 0 Å². The second-order valence-electron chi connectivity index (χ2n) is 4.30. The van der Waals surface area contributed by atoms with Gasteiger partial charge >= 0.3 is 0 Å². The summed E-state index contributed by atoms with van der Waals surface area (Å²) in [6.45, 7) is 2.06. The zero-order valence-corrected chi connectivity index (χ0v) is 12.0. The molecule has 1 N–H and O–H groups in total. The van der Waals surface area contributed by atoms with Crippen molar-refractivity contribution in [3.63, 3.8) is 0 Å². The van der Waals surface area contributed by atoms with E-state index in [1.807, 2.05) is 7.05 Å². The molecule has 0 heterocycles. The summed E-state index contributed by atoms with van der Waals surface area (Å²) < 4.78 is 13.9. The maximum absolute atomic E-state index is 13.1. The molecule has 1 unspecified atom stereocenters. The smallest absolute Gasteiger partial charge is 0.124 e. The number of hydrogen-bond donors (Lipinski definition) is 1. The van der Waals surface area contributed by atoms with E-state index < -0.39 is 0 Å². The lowest BCUT2D eigenvalue weighted by molar-refractivity contribution is 0.621. The zero-order valence-electron chi connectivity index (χ0n) is 10.4. The van der Waals surface area contributed by atoms with Crippen molar-refractivity contribution in [1.82, 2.24) is 5.32 Å². The molecule has 0 aliphatic carbocycles. The Morgan fingerprint density at radius 2 is 1.78 bits per heavy atom. The van der Waals surface area contributed by atoms with Crippen molar-refractivity contribution in [2.45, 2.75) is 13.0 Å². The number of benzene rings is 2. The number of hydrogen-bond acceptors (Lipinski definition) is 1. The highest BCUT2D eigenvalue weighted by Gasteiger charge is 2.15. The van der Waals surface area contributed by atoms with E-state index in [4.69, 9.17) is 0 Å². The van der Waals surface area contributed by atoms with Crippen LogP contribution in [0.3, 0.4) is 0 Å². The summed E-state index contributed by atoms with van der Waals surface area (Å²) in [6, 6.07) is 13.2. The van der Waals surface area contributed by atoms with E-state index in [0.29, 0.717) is 0 Å². The molecule has 0 amide bonds. The van der Waals surface area contributed by atoms with E-state index in [2.05, 4.69) is 52.4 Å². The minimum Gasteiger partial charge on any atom is -0.309 e. The van der Waals surface area contributed by atoms with E-state index >= 15 is 0 Å². The Balaban J connectivity index is 2.41. The van der Waals surface area contributed by atoms with Crippen LogP contribution in [0.15, 0.2) is 46.9 Å². The van der Waals surface area contributed by atoms with Crippen LogP contribution in [0.4, 0.5) is 4.39 Å². The Hall–Kier alpha value is -1.19. The van der Waals surface area contributed by atoms with Crippen LogP contribution in [0.5, 0.6) is 0 Å². The van der Waals surface area contributed by atoms with E-state index in [9.17, 15) is 4.39 Å². The molecule has 3 heteroatoms. The molecule has 94 valence electrons. The van der Waals surface area contributed by atoms with Crippen LogP contribution in [-0.2, 0) is 0 Å². The average Bonchev–Trinajstić information content (AvgIpc) is 2.35. The van der Waals surface area contributed by atoms with Gasteiger partial charge in [-0.05, 0) is 37.2 Å². The summed E-state index contributed by atoms with van der Waals surface area (Å²) in [6.07, 6.45) is 0. The molecule has 1 atom stereocenters. The lowest BCUT2D eigenvalue weighted by Gasteiger charge is -2.19. The lowest BCUT2D eigenvalue weighted by Crippen LogP contribution is -2.18. The first-order valence-corrected chi connectivity index (χ1v) is 6.60. The monoisotopic (exact) mass is 307 g/mol. The van der Waals surface area contributed by atoms with Gasteiger partial charge in [0.25, 0.3) is 0 Å². The number of rotatable bonds is 3. The summed E-state index contributed by atoms with van der Waals surface area (Å²) in [7, 11) is 1.90. The molecule has 18 heavy (non-hydrogen) atoms. The number of nitrogens with one attached hydrogen (secondary N) is 1. The molecule has 2 rings (SSSR count). The molecule has 0 aliphatic rings. The molecule has 0 bridgehead atoms. The van der Waals surface area contributed by atoms with Gasteiger partial charge in [-0.3, -0.25) is 0 Å². The Morgan fingerprint density at radius 1 is 1.11 bits per heavy atom. The lowest BCUT2D eigenvalue weighted by atomic mass is 9.98. The van der Waals surface area contributed by atoms with Crippen LogP contribution < -0.4 is 5.32 Å². The van der Waals surface area contributed by atoms with Gasteiger partial charge < -0.3 is 5.32 Å². The highest BCUT2D eigenvalue weighted by molar-refractivity contribution is 9.10. The van der Waals surface area contributed by atoms with Gasteiger partial charge in [-0.1, -0.05) is 51.8 Å². The van der Waals surface area contributed by atoms with Crippen LogP contribution in [-0.4, -0.2) is 7.05 Å². The first-order valence-electron chi connectivity index (χ1n) is 5.80. The van der Waals surface area contributed by atoms with Gasteiger partial charge in [0.15, 0.2) is 0 Å². The van der Waals surface area contributed by atoms with Crippen molar-refractivity contribution < 1.29 is 4.39 Å². The summed E-state index contributed by atoms with van der Waals surface area (Å²) in [5.41, 5.74) is 3.42. The summed E-state index contributed by atoms with van der Waals surface area (Å²) in [5.74, 6) is -0.232. The standard InChI is InChI=1S/C15H15BrFN/c1-10-3-5-11(6-4-10)15(18-2)13-8-7-12(17)9-14(13)16/h3-9,15,18H,1-2H3. The highest BCUT2D eigenvalue weighted by Crippen LogP contribution is 2.29. The van der Waals surface area contributed by atoms with E-state index in [0.717, 1.165) is 15.6 Å². The minimum absolute atomic E-state index is 0.0561. The third-order valence-electron chi connectivity index (χ3n) is 2.97. The van der Waals surface area contributed by atoms with Crippen molar-refractivity contribution in [3.05, 3.63) is 69.4 Å². The zero-order chi connectivity index (χ0) is 13.1. The van der Waals surface area contributed by atoms with Crippen LogP contribution in [0.1, 0.15) is 22.7 Å². The number of aryl methyl sites for hydroxylation is 1. The van der Waals surface area contributed by atoms with Crippen molar-refractivity contribution in [2.75, 3.05) is 7.05 Å². The Kier molecular flexibility index (Phi) is 4.15. The number of halogens is 2. The molecule has 0 saturated carbocycles. The SMILES string of the molecule is CNC(c1ccc(C)cc1)c1ccc(F)cc1Br. The van der Waals surface area contributed by atoms with Gasteiger partial charge in [-0.15, -0.1) is 0 Å². The molecule has 0 radical (unpaired) electrons. The Labute approximate surface area is 115 Å². The molecule has 0 fully saturated rings. The summed E-state index contributed by atoms with van der Waals surface area (Å²) >= 11 is 3.42. The molecule has 0 aromatic heterocycles. The van der Waals surface area contributed by atoms with Gasteiger partial charge in [-0.25, -0.2) is 4.39 Å². The Morgan fingerprint density at radius 3 is 2.33 bits per heavy atom. The molecule has 0 spiro atoms. The van der Waals surface area contributed by atoms with Gasteiger partial charge in [0.2, 0.25) is 0 Å². The predicted molar refractivity (Wildman–Crippen MR) is 76.2 cm³/mol. The fourth-order valence-electron chi connectivity index (χ4n) is 2.00. The fraction of sp³-hybridized carbons (Fsp3) is 0.200. The van der Waals surface area contributed by atoms with Crippen LogP contribution in [0, 0.1) is 12.7 Å². The third kappa shape index (κ3) is 2.79. The molecule has 0 saturated heterocycles. The fourth-order valence-corrected chi connectivity index (χ4v) is 2.58. The van der Waals surface area contributed by atoms with Gasteiger partial charge in [0.05, 0.1) is 6.04 Å². The summed E-state index contributed by atoms with van der Waals surface area (Å²) in [4.78, 5) is 0. The van der Waals surface area contributed by atoms with E-state index in [1.54, 1.807) is 6.07 Å². The van der Waals surface area contributed by atoms with Gasteiger partial charge in [-0.2, -0.15) is 0 Å². The van der Waals surface area contributed by atoms with Crippen molar-refractivity contribution >= 4 is 15.9 Å². The first-order chi connectivity index (χ1) is 8.61. The van der Waals surface area contributed by atoms with Crippen LogP contribution >= 0.6 is 15.9 Å². The average molecular weight is 308 g/mol. The second kappa shape index (κ2) is 5.63. The highest BCUT2D eigenvalue weighted by atomic mass is 79.9. The molecular weight excluding hydrogens is 293 g/mol. The van der Waals surface area contributed by atoms with Crippen LogP contribution in [0.2, 0.25) is 0 Å². The largest absolute Gasteiger partial charge is 0.309 e. The molecule has 2 aromatic rings. The van der Waals surface area contributed by atoms with Crippen molar-refractivity contribution in [2.24, 2.45) is 0 Å². The predicted octanol–water partition coefficient (Wildman–Crippen LogP) is 4.21. The van der Waals surface area contributed by atoms with E-state index in [-0.39, 0.29) is 11.9 Å². The topological polar surface area (TPSA) is 12.0 Å². The summed E-state index contributed by atoms with van der Waals surface area (Å²) in [5, 5.41) is 3.26. The first kappa shape index (κ1) is 13.2. The second-order valence-corrected chi connectivity index (χ2v) is 5.15. The van der Waals surface area contributed by atoms with Gasteiger partial charge in [0, 0.05) is 4.47 Å².